The molecule has 1 heterocycles. The first kappa shape index (κ1) is 14.7. The van der Waals surface area contributed by atoms with Crippen LogP contribution in [0.2, 0.25) is 0 Å². The van der Waals surface area contributed by atoms with E-state index >= 15 is 0 Å². The van der Waals surface area contributed by atoms with Gasteiger partial charge < -0.3 is 9.47 Å². The lowest BCUT2D eigenvalue weighted by Gasteiger charge is -2.20. The van der Waals surface area contributed by atoms with E-state index in [2.05, 4.69) is 11.5 Å². The Balaban J connectivity index is 2.24. The molecular weight excluding hydrogens is 283 g/mol. The second kappa shape index (κ2) is 6.19. The Morgan fingerprint density at radius 2 is 1.89 bits per heavy atom. The Bertz CT molecular complexity index is 460. The van der Waals surface area contributed by atoms with Crippen molar-refractivity contribution < 1.29 is 4.79 Å². The number of nitrogens with zero attached hydrogens (tertiary/aromatic N) is 2. The molecule has 0 spiro atoms. The molecule has 19 heavy (non-hydrogen) atoms. The molecule has 1 fully saturated rings. The van der Waals surface area contributed by atoms with Crippen molar-refractivity contribution in [3.05, 3.63) is 23.0 Å². The first-order valence-corrected chi connectivity index (χ1v) is 7.76. The standard InChI is InChI=1S/C14H20Cl2N2O/c1-10-9-13(11(2)18(10)12-3-4-12)14(19)17(7-5-15)8-6-16/h9,12H,3-8H2,1-2H3. The number of rotatable bonds is 6. The maximum Gasteiger partial charge on any atom is 0.255 e. The summed E-state index contributed by atoms with van der Waals surface area (Å²) in [7, 11) is 0. The Labute approximate surface area is 124 Å². The minimum absolute atomic E-state index is 0.0429. The molecule has 0 N–H and O–H groups in total. The Morgan fingerprint density at radius 3 is 2.37 bits per heavy atom. The van der Waals surface area contributed by atoms with E-state index in [0.717, 1.165) is 11.3 Å². The van der Waals surface area contributed by atoms with E-state index in [1.54, 1.807) is 4.90 Å². The lowest BCUT2D eigenvalue weighted by atomic mass is 10.2. The number of alkyl halides is 2. The van der Waals surface area contributed by atoms with Crippen LogP contribution in [0.1, 0.15) is 40.6 Å². The minimum atomic E-state index is 0.0429. The van der Waals surface area contributed by atoms with E-state index < -0.39 is 0 Å². The van der Waals surface area contributed by atoms with Gasteiger partial charge in [0.2, 0.25) is 0 Å². The highest BCUT2D eigenvalue weighted by Crippen LogP contribution is 2.38. The van der Waals surface area contributed by atoms with Gasteiger partial charge in [0.05, 0.1) is 5.56 Å². The lowest BCUT2D eigenvalue weighted by Crippen LogP contribution is -2.34. The highest BCUT2D eigenvalue weighted by atomic mass is 35.5. The number of hydrogen-bond donors (Lipinski definition) is 0. The molecule has 5 heteroatoms. The van der Waals surface area contributed by atoms with E-state index in [0.29, 0.717) is 30.9 Å². The van der Waals surface area contributed by atoms with Crippen molar-refractivity contribution in [2.24, 2.45) is 0 Å². The molecule has 0 radical (unpaired) electrons. The third-order valence-electron chi connectivity index (χ3n) is 3.62. The molecule has 1 aromatic rings. The van der Waals surface area contributed by atoms with Gasteiger partial charge in [0.15, 0.2) is 0 Å². The third-order valence-corrected chi connectivity index (χ3v) is 3.96. The number of amides is 1. The van der Waals surface area contributed by atoms with Gasteiger partial charge in [-0.2, -0.15) is 0 Å². The van der Waals surface area contributed by atoms with Crippen LogP contribution >= 0.6 is 23.2 Å². The molecule has 0 bridgehead atoms. The average molecular weight is 303 g/mol. The van der Waals surface area contributed by atoms with Gasteiger partial charge >= 0.3 is 0 Å². The quantitative estimate of drug-likeness (QED) is 0.740. The number of halogens is 2. The van der Waals surface area contributed by atoms with Crippen LogP contribution in [0.3, 0.4) is 0 Å². The largest absolute Gasteiger partial charge is 0.345 e. The van der Waals surface area contributed by atoms with E-state index in [9.17, 15) is 4.79 Å². The van der Waals surface area contributed by atoms with Crippen LogP contribution in [0.25, 0.3) is 0 Å². The summed E-state index contributed by atoms with van der Waals surface area (Å²) < 4.78 is 2.28. The van der Waals surface area contributed by atoms with Crippen molar-refractivity contribution in [1.82, 2.24) is 9.47 Å². The fourth-order valence-electron chi connectivity index (χ4n) is 2.58. The van der Waals surface area contributed by atoms with Crippen LogP contribution in [0.5, 0.6) is 0 Å². The molecule has 1 saturated carbocycles. The summed E-state index contributed by atoms with van der Waals surface area (Å²) in [5, 5.41) is 0. The summed E-state index contributed by atoms with van der Waals surface area (Å²) in [6, 6.07) is 2.59. The highest BCUT2D eigenvalue weighted by molar-refractivity contribution is 6.18. The zero-order valence-corrected chi connectivity index (χ0v) is 13.0. The maximum atomic E-state index is 12.5. The minimum Gasteiger partial charge on any atom is -0.345 e. The van der Waals surface area contributed by atoms with Crippen molar-refractivity contribution in [1.29, 1.82) is 0 Å². The molecule has 0 saturated heterocycles. The van der Waals surface area contributed by atoms with Gasteiger partial charge in [0, 0.05) is 42.3 Å². The van der Waals surface area contributed by atoms with Crippen LogP contribution in [0.4, 0.5) is 0 Å². The van der Waals surface area contributed by atoms with Crippen molar-refractivity contribution in [3.63, 3.8) is 0 Å². The summed E-state index contributed by atoms with van der Waals surface area (Å²) in [5.41, 5.74) is 3.03. The van der Waals surface area contributed by atoms with Crippen molar-refractivity contribution in [3.8, 4) is 0 Å². The molecule has 0 unspecified atom stereocenters. The molecular formula is C14H20Cl2N2O. The average Bonchev–Trinajstić information content (AvgIpc) is 3.15. The van der Waals surface area contributed by atoms with Gasteiger partial charge in [0.1, 0.15) is 0 Å². The summed E-state index contributed by atoms with van der Waals surface area (Å²) >= 11 is 11.5. The zero-order chi connectivity index (χ0) is 14.0. The Morgan fingerprint density at radius 1 is 1.32 bits per heavy atom. The van der Waals surface area contributed by atoms with Crippen LogP contribution in [0, 0.1) is 13.8 Å². The Kier molecular flexibility index (Phi) is 4.80. The second-order valence-corrected chi connectivity index (χ2v) is 5.81. The number of hydrogen-bond acceptors (Lipinski definition) is 1. The van der Waals surface area contributed by atoms with Crippen LogP contribution in [-0.4, -0.2) is 40.2 Å². The van der Waals surface area contributed by atoms with Gasteiger partial charge in [-0.15, -0.1) is 23.2 Å². The van der Waals surface area contributed by atoms with Crippen LogP contribution < -0.4 is 0 Å². The summed E-state index contributed by atoms with van der Waals surface area (Å²) in [6.07, 6.45) is 2.44. The SMILES string of the molecule is Cc1cc(C(=O)N(CCCl)CCCl)c(C)n1C1CC1. The van der Waals surface area contributed by atoms with E-state index in [4.69, 9.17) is 23.2 Å². The smallest absolute Gasteiger partial charge is 0.255 e. The van der Waals surface area contributed by atoms with Gasteiger partial charge in [-0.3, -0.25) is 4.79 Å². The number of carbonyl (C=O) groups is 1. The molecule has 0 atom stereocenters. The Hall–Kier alpha value is -0.670. The van der Waals surface area contributed by atoms with E-state index in [-0.39, 0.29) is 5.91 Å². The molecule has 1 aliphatic rings. The molecule has 0 aliphatic heterocycles. The summed E-state index contributed by atoms with van der Waals surface area (Å²) in [4.78, 5) is 14.3. The fourth-order valence-corrected chi connectivity index (χ4v) is 2.99. The van der Waals surface area contributed by atoms with Crippen LogP contribution in [-0.2, 0) is 0 Å². The molecule has 2 rings (SSSR count). The summed E-state index contributed by atoms with van der Waals surface area (Å²) in [6.45, 7) is 5.17. The molecule has 3 nitrogen and oxygen atoms in total. The lowest BCUT2D eigenvalue weighted by molar-refractivity contribution is 0.0774. The monoisotopic (exact) mass is 302 g/mol. The predicted octanol–water partition coefficient (Wildman–Crippen LogP) is 3.36. The van der Waals surface area contributed by atoms with Gasteiger partial charge in [-0.05, 0) is 32.8 Å². The van der Waals surface area contributed by atoms with E-state index in [1.807, 2.05) is 13.0 Å². The topological polar surface area (TPSA) is 25.2 Å². The molecule has 1 amide bonds. The molecule has 1 aromatic heterocycles. The highest BCUT2D eigenvalue weighted by Gasteiger charge is 2.29. The molecule has 0 aromatic carbocycles. The van der Waals surface area contributed by atoms with Gasteiger partial charge in [0.25, 0.3) is 5.91 Å². The molecule has 106 valence electrons. The van der Waals surface area contributed by atoms with Crippen LogP contribution in [0.15, 0.2) is 6.07 Å². The molecule has 1 aliphatic carbocycles. The van der Waals surface area contributed by atoms with Gasteiger partial charge in [-0.1, -0.05) is 0 Å². The van der Waals surface area contributed by atoms with Crippen molar-refractivity contribution in [2.75, 3.05) is 24.8 Å². The number of aromatic nitrogens is 1. The van der Waals surface area contributed by atoms with Crippen molar-refractivity contribution in [2.45, 2.75) is 32.7 Å². The maximum absolute atomic E-state index is 12.5. The normalized spacial score (nSPS) is 14.7. The van der Waals surface area contributed by atoms with E-state index in [1.165, 1.54) is 18.5 Å². The second-order valence-electron chi connectivity index (χ2n) is 5.06. The third kappa shape index (κ3) is 3.09. The number of carbonyl (C=O) groups excluding carboxylic acids is 1. The number of aryl methyl sites for hydroxylation is 1. The first-order chi connectivity index (χ1) is 9.10. The van der Waals surface area contributed by atoms with Crippen molar-refractivity contribution >= 4 is 29.1 Å². The zero-order valence-electron chi connectivity index (χ0n) is 11.5. The summed E-state index contributed by atoms with van der Waals surface area (Å²) in [5.74, 6) is 0.912. The van der Waals surface area contributed by atoms with Gasteiger partial charge in [-0.25, -0.2) is 0 Å². The fraction of sp³-hybridized carbons (Fsp3) is 0.643. The first-order valence-electron chi connectivity index (χ1n) is 6.69. The predicted molar refractivity (Wildman–Crippen MR) is 79.5 cm³/mol.